The number of nitrogens with one attached hydrogen (secondary N) is 1. The Morgan fingerprint density at radius 3 is 2.94 bits per heavy atom. The third-order valence-corrected chi connectivity index (χ3v) is 2.71. The molecule has 0 aliphatic rings. The first-order chi connectivity index (χ1) is 8.79. The number of carbonyl (C=O) groups is 1. The lowest BCUT2D eigenvalue weighted by Crippen LogP contribution is -2.15. The first-order valence-corrected chi connectivity index (χ1v) is 6.01. The Morgan fingerprint density at radius 1 is 1.39 bits per heavy atom. The molecule has 0 aliphatic heterocycles. The van der Waals surface area contributed by atoms with Gasteiger partial charge in [0.15, 0.2) is 0 Å². The maximum Gasteiger partial charge on any atom is 0.226 e. The van der Waals surface area contributed by atoms with Crippen molar-refractivity contribution in [1.82, 2.24) is 15.0 Å². The highest BCUT2D eigenvalue weighted by Gasteiger charge is 2.05. The fraction of sp³-hybridized carbons (Fsp3) is 0.308. The summed E-state index contributed by atoms with van der Waals surface area (Å²) >= 11 is 0. The summed E-state index contributed by atoms with van der Waals surface area (Å²) in [5.74, 6) is -0.00796. The lowest BCUT2D eigenvalue weighted by Gasteiger charge is -2.09. The van der Waals surface area contributed by atoms with Gasteiger partial charge >= 0.3 is 0 Å². The third kappa shape index (κ3) is 3.16. The van der Waals surface area contributed by atoms with Gasteiger partial charge in [0.1, 0.15) is 0 Å². The molecule has 1 amide bonds. The minimum atomic E-state index is -0.00796. The first kappa shape index (κ1) is 12.3. The van der Waals surface area contributed by atoms with Gasteiger partial charge in [0, 0.05) is 18.3 Å². The second-order valence-electron chi connectivity index (χ2n) is 3.98. The molecule has 2 rings (SSSR count). The van der Waals surface area contributed by atoms with Crippen molar-refractivity contribution in [2.45, 2.75) is 26.3 Å². The van der Waals surface area contributed by atoms with Gasteiger partial charge in [-0.25, -0.2) is 0 Å². The van der Waals surface area contributed by atoms with Crippen LogP contribution in [0.25, 0.3) is 0 Å². The number of carbonyl (C=O) groups excluding carboxylic acids is 1. The molecule has 18 heavy (non-hydrogen) atoms. The maximum absolute atomic E-state index is 11.8. The van der Waals surface area contributed by atoms with Crippen molar-refractivity contribution in [1.29, 1.82) is 0 Å². The van der Waals surface area contributed by atoms with E-state index in [1.54, 1.807) is 17.1 Å². The van der Waals surface area contributed by atoms with E-state index in [2.05, 4.69) is 22.6 Å². The fourth-order valence-corrected chi connectivity index (χ4v) is 1.73. The predicted octanol–water partition coefficient (Wildman–Crippen LogP) is 1.87. The highest BCUT2D eigenvalue weighted by molar-refractivity contribution is 5.91. The molecule has 1 aromatic heterocycles. The Kier molecular flexibility index (Phi) is 4.06. The van der Waals surface area contributed by atoms with E-state index in [1.807, 2.05) is 24.3 Å². The second kappa shape index (κ2) is 5.95. The average Bonchev–Trinajstić information content (AvgIpc) is 2.90. The topological polar surface area (TPSA) is 59.8 Å². The van der Waals surface area contributed by atoms with Gasteiger partial charge in [-0.15, -0.1) is 5.10 Å². The molecule has 0 saturated carbocycles. The molecule has 0 atom stereocenters. The molecular weight excluding hydrogens is 228 g/mol. The van der Waals surface area contributed by atoms with E-state index in [0.29, 0.717) is 13.0 Å². The average molecular weight is 244 g/mol. The Balaban J connectivity index is 1.90. The van der Waals surface area contributed by atoms with E-state index in [0.717, 1.165) is 17.7 Å². The molecule has 0 saturated heterocycles. The van der Waals surface area contributed by atoms with E-state index in [-0.39, 0.29) is 5.91 Å². The molecule has 5 heteroatoms. The van der Waals surface area contributed by atoms with Crippen molar-refractivity contribution in [3.05, 3.63) is 42.2 Å². The van der Waals surface area contributed by atoms with Crippen LogP contribution in [0.1, 0.15) is 18.9 Å². The number of hydrogen-bond donors (Lipinski definition) is 1. The van der Waals surface area contributed by atoms with Gasteiger partial charge in [0.05, 0.1) is 12.7 Å². The van der Waals surface area contributed by atoms with Crippen LogP contribution in [0.3, 0.4) is 0 Å². The summed E-state index contributed by atoms with van der Waals surface area (Å²) in [6, 6.07) is 7.84. The first-order valence-electron chi connectivity index (χ1n) is 6.01. The number of anilines is 1. The number of rotatable bonds is 5. The third-order valence-electron chi connectivity index (χ3n) is 2.71. The Bertz CT molecular complexity index is 507. The molecule has 0 radical (unpaired) electrons. The standard InChI is InChI=1S/C13H16N4O/c1-2-11-5-3-4-6-12(11)15-13(18)7-9-17-10-8-14-16-17/h3-6,8,10H,2,7,9H2,1H3,(H,15,18). The zero-order valence-corrected chi connectivity index (χ0v) is 10.3. The van der Waals surface area contributed by atoms with E-state index in [9.17, 15) is 4.79 Å². The molecule has 0 aliphatic carbocycles. The van der Waals surface area contributed by atoms with Gasteiger partial charge in [0.2, 0.25) is 5.91 Å². The van der Waals surface area contributed by atoms with Gasteiger partial charge in [-0.05, 0) is 18.1 Å². The van der Waals surface area contributed by atoms with Crippen molar-refractivity contribution < 1.29 is 4.79 Å². The smallest absolute Gasteiger partial charge is 0.226 e. The van der Waals surface area contributed by atoms with Crippen LogP contribution in [0.5, 0.6) is 0 Å². The minimum Gasteiger partial charge on any atom is -0.326 e. The molecule has 2 aromatic rings. The molecule has 0 fully saturated rings. The summed E-state index contributed by atoms with van der Waals surface area (Å²) in [4.78, 5) is 11.8. The molecule has 1 aromatic carbocycles. The number of benzene rings is 1. The van der Waals surface area contributed by atoms with Gasteiger partial charge in [0.25, 0.3) is 0 Å². The van der Waals surface area contributed by atoms with E-state index in [1.165, 1.54) is 0 Å². The van der Waals surface area contributed by atoms with Crippen molar-refractivity contribution in [3.63, 3.8) is 0 Å². The van der Waals surface area contributed by atoms with Crippen LogP contribution in [0, 0.1) is 0 Å². The van der Waals surface area contributed by atoms with E-state index < -0.39 is 0 Å². The fourth-order valence-electron chi connectivity index (χ4n) is 1.73. The van der Waals surface area contributed by atoms with Crippen LogP contribution in [0.2, 0.25) is 0 Å². The summed E-state index contributed by atoms with van der Waals surface area (Å²) < 4.78 is 1.64. The quantitative estimate of drug-likeness (QED) is 0.873. The van der Waals surface area contributed by atoms with Crippen molar-refractivity contribution in [3.8, 4) is 0 Å². The Morgan fingerprint density at radius 2 is 2.22 bits per heavy atom. The zero-order chi connectivity index (χ0) is 12.8. The number of aromatic nitrogens is 3. The lowest BCUT2D eigenvalue weighted by atomic mass is 10.1. The molecule has 1 N–H and O–H groups in total. The van der Waals surface area contributed by atoms with Crippen LogP contribution in [-0.4, -0.2) is 20.9 Å². The summed E-state index contributed by atoms with van der Waals surface area (Å²) in [5.41, 5.74) is 2.04. The van der Waals surface area contributed by atoms with Gasteiger partial charge in [-0.1, -0.05) is 30.3 Å². The lowest BCUT2D eigenvalue weighted by molar-refractivity contribution is -0.116. The molecule has 94 valence electrons. The van der Waals surface area contributed by atoms with Gasteiger partial charge < -0.3 is 5.32 Å². The Labute approximate surface area is 106 Å². The number of hydrogen-bond acceptors (Lipinski definition) is 3. The molecule has 5 nitrogen and oxygen atoms in total. The largest absolute Gasteiger partial charge is 0.326 e. The van der Waals surface area contributed by atoms with Crippen LogP contribution < -0.4 is 5.32 Å². The SMILES string of the molecule is CCc1ccccc1NC(=O)CCn1ccnn1. The molecule has 0 spiro atoms. The van der Waals surface area contributed by atoms with Crippen molar-refractivity contribution in [2.75, 3.05) is 5.32 Å². The van der Waals surface area contributed by atoms with Crippen molar-refractivity contribution >= 4 is 11.6 Å². The van der Waals surface area contributed by atoms with Crippen LogP contribution in [0.4, 0.5) is 5.69 Å². The zero-order valence-electron chi connectivity index (χ0n) is 10.3. The molecule has 1 heterocycles. The van der Waals surface area contributed by atoms with Gasteiger partial charge in [-0.3, -0.25) is 9.48 Å². The number of nitrogens with zero attached hydrogens (tertiary/aromatic N) is 3. The predicted molar refractivity (Wildman–Crippen MR) is 69.1 cm³/mol. The Hall–Kier alpha value is -2.17. The summed E-state index contributed by atoms with van der Waals surface area (Å²) in [7, 11) is 0. The van der Waals surface area contributed by atoms with Crippen LogP contribution >= 0.6 is 0 Å². The number of para-hydroxylation sites is 1. The normalized spacial score (nSPS) is 10.3. The maximum atomic E-state index is 11.8. The minimum absolute atomic E-state index is 0.00796. The van der Waals surface area contributed by atoms with Gasteiger partial charge in [-0.2, -0.15) is 0 Å². The van der Waals surface area contributed by atoms with Crippen molar-refractivity contribution in [2.24, 2.45) is 0 Å². The van der Waals surface area contributed by atoms with Crippen LogP contribution in [0.15, 0.2) is 36.7 Å². The second-order valence-corrected chi connectivity index (χ2v) is 3.98. The monoisotopic (exact) mass is 244 g/mol. The molecule has 0 bridgehead atoms. The summed E-state index contributed by atoms with van der Waals surface area (Å²) in [6.45, 7) is 2.61. The van der Waals surface area contributed by atoms with E-state index >= 15 is 0 Å². The van der Waals surface area contributed by atoms with E-state index in [4.69, 9.17) is 0 Å². The highest BCUT2D eigenvalue weighted by atomic mass is 16.1. The number of amides is 1. The number of aryl methyl sites for hydroxylation is 2. The summed E-state index contributed by atoms with van der Waals surface area (Å²) in [6.07, 6.45) is 4.64. The molecule has 0 unspecified atom stereocenters. The highest BCUT2D eigenvalue weighted by Crippen LogP contribution is 2.15. The molecular formula is C13H16N4O. The van der Waals surface area contributed by atoms with Crippen LogP contribution in [-0.2, 0) is 17.8 Å². The summed E-state index contributed by atoms with van der Waals surface area (Å²) in [5, 5.41) is 10.4.